The number of rotatable bonds is 13. The van der Waals surface area contributed by atoms with Crippen LogP contribution in [0.15, 0.2) is 125 Å². The van der Waals surface area contributed by atoms with Gasteiger partial charge in [-0.2, -0.15) is 0 Å². The van der Waals surface area contributed by atoms with Gasteiger partial charge in [-0.3, -0.25) is 9.59 Å². The van der Waals surface area contributed by atoms with Crippen LogP contribution in [0, 0.1) is 0 Å². The first-order valence-corrected chi connectivity index (χ1v) is 23.5. The minimum Gasteiger partial charge on any atom is -0.383 e. The summed E-state index contributed by atoms with van der Waals surface area (Å²) in [5, 5.41) is 14.5. The van der Waals surface area contributed by atoms with E-state index in [0.717, 1.165) is 5.52 Å². The third-order valence-corrected chi connectivity index (χ3v) is 15.7. The predicted molar refractivity (Wildman–Crippen MR) is 235 cm³/mol. The SMILES string of the molecule is C=CCN(c1nccs1)S(=O)(=O)c1ccc(N2CC[C@@H](O)C2=O)cc1.C=CCN(c1nccs1)S(=O)(=O)c1ccc(N2CC[C@H](n3cnc4cc(Cl)c(Cl)cc43)C2=O)cc1. The Morgan fingerprint density at radius 3 is 1.67 bits per heavy atom. The Labute approximate surface area is 364 Å². The van der Waals surface area contributed by atoms with Crippen LogP contribution in [0.1, 0.15) is 18.9 Å². The van der Waals surface area contributed by atoms with Gasteiger partial charge in [-0.05, 0) is 67.1 Å². The Morgan fingerprint density at radius 2 is 1.22 bits per heavy atom. The van der Waals surface area contributed by atoms with Gasteiger partial charge in [-0.15, -0.1) is 35.8 Å². The normalized spacial score (nSPS) is 16.9. The van der Waals surface area contributed by atoms with E-state index in [1.54, 1.807) is 75.3 Å². The second kappa shape index (κ2) is 17.8. The average Bonchev–Trinajstić information content (AvgIpc) is 4.11. The van der Waals surface area contributed by atoms with Crippen molar-refractivity contribution in [1.82, 2.24) is 19.5 Å². The summed E-state index contributed by atoms with van der Waals surface area (Å²) in [6.45, 7) is 8.35. The van der Waals surface area contributed by atoms with Crippen LogP contribution in [-0.4, -0.2) is 85.6 Å². The molecule has 0 saturated carbocycles. The molecule has 0 radical (unpaired) electrons. The average molecular weight is 928 g/mol. The summed E-state index contributed by atoms with van der Waals surface area (Å²) in [4.78, 5) is 41.0. The minimum absolute atomic E-state index is 0.0952. The number of nitrogens with zero attached hydrogens (tertiary/aromatic N) is 8. The van der Waals surface area contributed by atoms with Crippen LogP contribution >= 0.6 is 45.9 Å². The molecule has 60 heavy (non-hydrogen) atoms. The standard InChI is InChI=1S/C23H19Cl2N5O3S2.C16H17N3O4S2/c1-2-9-30(23-26-8-11-34-23)35(32,33)16-5-3-15(4-6-16)28-10-7-20(22(28)31)29-14-27-19-12-17(24)18(25)13-21(19)29;1-2-9-19(16-17-8-11-24-16)25(22,23)13-5-3-12(4-6-13)18-10-7-14(20)15(18)21/h2-6,8,11-14,20H,1,7,9-10H2;2-6,8,11,14,20H,1,7,9-10H2/t20-;14-/m01/s1. The Hall–Kier alpha value is -5.15. The van der Waals surface area contributed by atoms with Gasteiger partial charge in [-0.25, -0.2) is 40.4 Å². The van der Waals surface area contributed by atoms with Crippen molar-refractivity contribution in [1.29, 1.82) is 0 Å². The number of thiazole rings is 2. The maximum atomic E-state index is 13.3. The Morgan fingerprint density at radius 1 is 0.733 bits per heavy atom. The molecule has 2 aliphatic heterocycles. The maximum Gasteiger partial charge on any atom is 0.266 e. The summed E-state index contributed by atoms with van der Waals surface area (Å²) in [6.07, 6.45) is 7.67. The van der Waals surface area contributed by atoms with Crippen LogP contribution in [-0.2, 0) is 29.6 Å². The van der Waals surface area contributed by atoms with Crippen molar-refractivity contribution in [3.8, 4) is 0 Å². The van der Waals surface area contributed by atoms with Gasteiger partial charge in [0.25, 0.3) is 26.0 Å². The van der Waals surface area contributed by atoms with Crippen molar-refractivity contribution in [2.45, 2.75) is 34.8 Å². The Kier molecular flexibility index (Phi) is 12.8. The van der Waals surface area contributed by atoms with Crippen LogP contribution < -0.4 is 18.4 Å². The van der Waals surface area contributed by atoms with Crippen molar-refractivity contribution < 1.29 is 31.5 Å². The molecule has 2 saturated heterocycles. The molecule has 0 spiro atoms. The molecule has 2 aliphatic rings. The van der Waals surface area contributed by atoms with E-state index in [4.69, 9.17) is 23.2 Å². The molecule has 0 aliphatic carbocycles. The lowest BCUT2D eigenvalue weighted by Crippen LogP contribution is -2.31. The molecule has 1 N–H and O–H groups in total. The number of anilines is 4. The molecule has 2 amide bonds. The third kappa shape index (κ3) is 8.43. The van der Waals surface area contributed by atoms with E-state index in [2.05, 4.69) is 28.1 Å². The molecule has 15 nitrogen and oxygen atoms in total. The van der Waals surface area contributed by atoms with E-state index in [-0.39, 0.29) is 34.7 Å². The highest BCUT2D eigenvalue weighted by molar-refractivity contribution is 7.93. The fraction of sp³-hybridized carbons (Fsp3) is 0.205. The summed E-state index contributed by atoms with van der Waals surface area (Å²) in [7, 11) is -7.64. The molecule has 2 atom stereocenters. The van der Waals surface area contributed by atoms with E-state index in [0.29, 0.717) is 63.1 Å². The zero-order valence-corrected chi connectivity index (χ0v) is 36.3. The van der Waals surface area contributed by atoms with Crippen molar-refractivity contribution in [3.05, 3.63) is 125 Å². The summed E-state index contributed by atoms with van der Waals surface area (Å²) in [5.74, 6) is -0.478. The van der Waals surface area contributed by atoms with Gasteiger partial charge in [-0.1, -0.05) is 35.4 Å². The number of halogens is 2. The molecule has 0 unspecified atom stereocenters. The number of amides is 2. The van der Waals surface area contributed by atoms with Gasteiger partial charge in [0.1, 0.15) is 12.1 Å². The highest BCUT2D eigenvalue weighted by Crippen LogP contribution is 2.35. The number of aliphatic hydroxyl groups is 1. The third-order valence-electron chi connectivity index (χ3n) is 9.64. The van der Waals surface area contributed by atoms with Crippen LogP contribution in [0.4, 0.5) is 21.6 Å². The van der Waals surface area contributed by atoms with Gasteiger partial charge < -0.3 is 19.5 Å². The molecule has 2 fully saturated rings. The van der Waals surface area contributed by atoms with Crippen LogP contribution in [0.5, 0.6) is 0 Å². The monoisotopic (exact) mass is 926 g/mol. The van der Waals surface area contributed by atoms with E-state index in [1.807, 2.05) is 0 Å². The summed E-state index contributed by atoms with van der Waals surface area (Å²) >= 11 is 14.7. The van der Waals surface area contributed by atoms with E-state index in [9.17, 15) is 31.5 Å². The smallest absolute Gasteiger partial charge is 0.266 e. The molecule has 8 rings (SSSR count). The lowest BCUT2D eigenvalue weighted by Gasteiger charge is -2.21. The largest absolute Gasteiger partial charge is 0.383 e. The first-order chi connectivity index (χ1) is 28.8. The molecular weight excluding hydrogens is 892 g/mol. The minimum atomic E-state index is -3.85. The lowest BCUT2D eigenvalue weighted by molar-refractivity contribution is -0.124. The van der Waals surface area contributed by atoms with E-state index in [1.165, 1.54) is 72.6 Å². The number of fused-ring (bicyclic) bond motifs is 1. The number of carbonyl (C=O) groups is 2. The molecule has 5 heterocycles. The van der Waals surface area contributed by atoms with Crippen LogP contribution in [0.2, 0.25) is 10.0 Å². The van der Waals surface area contributed by atoms with Crippen LogP contribution in [0.25, 0.3) is 11.0 Å². The molecule has 3 aromatic heterocycles. The number of sulfonamides is 2. The Balaban J connectivity index is 0.000000192. The topological polar surface area (TPSA) is 179 Å². The second-order valence-corrected chi connectivity index (χ2v) is 19.5. The number of imidazole rings is 1. The zero-order valence-electron chi connectivity index (χ0n) is 31.5. The highest BCUT2D eigenvalue weighted by Gasteiger charge is 2.36. The van der Waals surface area contributed by atoms with Crippen LogP contribution in [0.3, 0.4) is 0 Å². The summed E-state index contributed by atoms with van der Waals surface area (Å²) in [6, 6.07) is 15.3. The van der Waals surface area contributed by atoms with Gasteiger partial charge in [0.2, 0.25) is 5.91 Å². The van der Waals surface area contributed by atoms with Gasteiger partial charge >= 0.3 is 0 Å². The maximum absolute atomic E-state index is 13.3. The number of carbonyl (C=O) groups excluding carboxylic acids is 2. The predicted octanol–water partition coefficient (Wildman–Crippen LogP) is 6.78. The number of aliphatic hydroxyl groups excluding tert-OH is 1. The van der Waals surface area contributed by atoms with E-state index >= 15 is 0 Å². The van der Waals surface area contributed by atoms with Crippen molar-refractivity contribution in [2.75, 3.05) is 44.6 Å². The van der Waals surface area contributed by atoms with E-state index < -0.39 is 32.2 Å². The first-order valence-electron chi connectivity index (χ1n) is 18.1. The summed E-state index contributed by atoms with van der Waals surface area (Å²) < 4.78 is 56.5. The highest BCUT2D eigenvalue weighted by atomic mass is 35.5. The molecule has 6 aromatic rings. The van der Waals surface area contributed by atoms with Gasteiger partial charge in [0, 0.05) is 54.0 Å². The fourth-order valence-electron chi connectivity index (χ4n) is 6.69. The quantitative estimate of drug-likeness (QED) is 0.121. The molecular formula is C39H36Cl2N8O7S4. The number of hydrogen-bond acceptors (Lipinski definition) is 12. The zero-order chi connectivity index (χ0) is 42.8. The molecule has 21 heteroatoms. The molecule has 3 aromatic carbocycles. The number of benzene rings is 3. The number of aromatic nitrogens is 4. The van der Waals surface area contributed by atoms with Crippen molar-refractivity contribution >= 4 is 110 Å². The summed E-state index contributed by atoms with van der Waals surface area (Å²) in [5.41, 5.74) is 2.56. The van der Waals surface area contributed by atoms with Gasteiger partial charge in [0.05, 0.1) is 50.3 Å². The van der Waals surface area contributed by atoms with Crippen molar-refractivity contribution in [2.24, 2.45) is 0 Å². The second-order valence-electron chi connectivity index (χ2n) is 13.3. The van der Waals surface area contributed by atoms with Gasteiger partial charge in [0.15, 0.2) is 10.3 Å². The lowest BCUT2D eigenvalue weighted by atomic mass is 10.2. The van der Waals surface area contributed by atoms with Crippen molar-refractivity contribution in [3.63, 3.8) is 0 Å². The Bertz CT molecular complexity index is 2750. The first kappa shape index (κ1) is 43.0. The number of hydrogen-bond donors (Lipinski definition) is 1. The fourth-order valence-corrected chi connectivity index (χ4v) is 11.5. The molecule has 312 valence electrons. The molecule has 0 bridgehead atoms.